The Hall–Kier alpha value is -4.64. The maximum atomic E-state index is 13.2. The number of hydrogen-bond donors (Lipinski definition) is 5. The number of oxime groups is 1. The van der Waals surface area contributed by atoms with Crippen LogP contribution in [0.15, 0.2) is 44.9 Å². The second kappa shape index (κ2) is 11.1. The van der Waals surface area contributed by atoms with E-state index in [9.17, 15) is 39.3 Å². The largest absolute Gasteiger partial charge is 0.503 e. The highest BCUT2D eigenvalue weighted by Gasteiger charge is 2.54. The first kappa shape index (κ1) is 29.3. The molecule has 0 aromatic carbocycles. The van der Waals surface area contributed by atoms with Gasteiger partial charge in [-0.2, -0.15) is 0 Å². The van der Waals surface area contributed by atoms with Crippen molar-refractivity contribution in [2.45, 2.75) is 30.9 Å². The summed E-state index contributed by atoms with van der Waals surface area (Å²) in [4.78, 5) is 71.7. The molecule has 2 aliphatic heterocycles. The van der Waals surface area contributed by atoms with Gasteiger partial charge >= 0.3 is 11.9 Å². The Morgan fingerprint density at radius 2 is 1.98 bits per heavy atom. The van der Waals surface area contributed by atoms with Crippen molar-refractivity contribution in [2.75, 3.05) is 11.5 Å². The molecule has 0 saturated carbocycles. The van der Waals surface area contributed by atoms with Crippen LogP contribution in [0.4, 0.5) is 5.13 Å². The molecule has 41 heavy (non-hydrogen) atoms. The van der Waals surface area contributed by atoms with Crippen molar-refractivity contribution in [1.29, 1.82) is 0 Å². The molecule has 1 fully saturated rings. The maximum absolute atomic E-state index is 13.2. The SMILES string of the molecule is Cn1cc(O)c(=O)cc1/C=C/C1=C(C(=O)O)N2C(=O)C(NC(=O)/C(=N/OC(C)(C)C(=O)O)c3csc(N)n3)C2SC1. The monoisotopic (exact) mass is 604 g/mol. The predicted octanol–water partition coefficient (Wildman–Crippen LogP) is 0.166. The number of aliphatic carboxylic acids is 2. The van der Waals surface area contributed by atoms with E-state index in [1.54, 1.807) is 7.05 Å². The van der Waals surface area contributed by atoms with Gasteiger partial charge in [0.25, 0.3) is 11.8 Å². The van der Waals surface area contributed by atoms with Crippen molar-refractivity contribution < 1.29 is 39.3 Å². The molecule has 2 atom stereocenters. The van der Waals surface area contributed by atoms with E-state index >= 15 is 0 Å². The molecule has 17 heteroatoms. The first-order valence-corrected chi connectivity index (χ1v) is 13.6. The number of nitrogens with zero attached hydrogens (tertiary/aromatic N) is 4. The van der Waals surface area contributed by atoms with Gasteiger partial charge in [0.15, 0.2) is 16.6 Å². The predicted molar refractivity (Wildman–Crippen MR) is 148 cm³/mol. The van der Waals surface area contributed by atoms with Crippen LogP contribution in [0.5, 0.6) is 5.75 Å². The number of fused-ring (bicyclic) bond motifs is 1. The molecule has 2 aliphatic rings. The first-order valence-electron chi connectivity index (χ1n) is 11.7. The van der Waals surface area contributed by atoms with Crippen LogP contribution in [0.1, 0.15) is 25.2 Å². The van der Waals surface area contributed by atoms with Crippen LogP contribution in [0.3, 0.4) is 0 Å². The number of β-lactam (4-membered cyclic amide) rings is 1. The minimum absolute atomic E-state index is 0.00621. The topological polar surface area (TPSA) is 227 Å². The molecule has 2 aromatic rings. The molecule has 0 aliphatic carbocycles. The molecule has 0 spiro atoms. The number of carboxylic acids is 2. The number of thiazole rings is 1. The molecule has 0 bridgehead atoms. The van der Waals surface area contributed by atoms with Crippen LogP contribution in [0.25, 0.3) is 6.08 Å². The fourth-order valence-electron chi connectivity index (χ4n) is 3.76. The van der Waals surface area contributed by atoms with E-state index in [1.165, 1.54) is 60.0 Å². The van der Waals surface area contributed by atoms with Gasteiger partial charge in [-0.1, -0.05) is 11.2 Å². The summed E-state index contributed by atoms with van der Waals surface area (Å²) in [6.45, 7) is 2.45. The van der Waals surface area contributed by atoms with Crippen LogP contribution in [-0.4, -0.2) is 82.0 Å². The van der Waals surface area contributed by atoms with Gasteiger partial charge in [0.05, 0.1) is 0 Å². The third kappa shape index (κ3) is 5.80. The molecule has 1 saturated heterocycles. The maximum Gasteiger partial charge on any atom is 0.352 e. The first-order chi connectivity index (χ1) is 19.2. The second-order valence-corrected chi connectivity index (χ2v) is 11.3. The molecule has 2 amide bonds. The molecule has 4 rings (SSSR count). The molecule has 216 valence electrons. The number of pyridine rings is 1. The van der Waals surface area contributed by atoms with Crippen LogP contribution in [-0.2, 0) is 31.1 Å². The van der Waals surface area contributed by atoms with Gasteiger partial charge in [-0.3, -0.25) is 19.3 Å². The highest BCUT2D eigenvalue weighted by molar-refractivity contribution is 8.00. The van der Waals surface area contributed by atoms with E-state index in [2.05, 4.69) is 15.5 Å². The Morgan fingerprint density at radius 3 is 2.59 bits per heavy atom. The molecule has 0 radical (unpaired) electrons. The molecule has 6 N–H and O–H groups in total. The average Bonchev–Trinajstić information content (AvgIpc) is 3.33. The molecule has 2 unspecified atom stereocenters. The summed E-state index contributed by atoms with van der Waals surface area (Å²) >= 11 is 2.20. The fourth-order valence-corrected chi connectivity index (χ4v) is 5.63. The number of nitrogen functional groups attached to an aromatic ring is 1. The Morgan fingerprint density at radius 1 is 1.27 bits per heavy atom. The normalized spacial score (nSPS) is 19.1. The van der Waals surface area contributed by atoms with Crippen molar-refractivity contribution in [2.24, 2.45) is 12.2 Å². The average molecular weight is 605 g/mol. The van der Waals surface area contributed by atoms with Crippen LogP contribution in [0, 0.1) is 0 Å². The van der Waals surface area contributed by atoms with Gasteiger partial charge in [-0.05, 0) is 25.5 Å². The van der Waals surface area contributed by atoms with E-state index < -0.39 is 57.7 Å². The fraction of sp³-hybridized carbons (Fsp3) is 0.292. The standard InChI is InChI=1S/C24H24N6O9S2/c1-24(2,22(37)38)39-28-15(12-9-41-23(25)26-12)18(33)27-16-19(34)30-17(21(35)36)10(8-40-20(16)30)4-5-11-6-13(31)14(32)7-29(11)3/h4-7,9,16,20,32H,8H2,1-3H3,(H2,25,26)(H,27,33)(H,35,36)(H,37,38)/b5-4+,28-15+. The van der Waals surface area contributed by atoms with Gasteiger partial charge in [-0.25, -0.2) is 14.6 Å². The summed E-state index contributed by atoms with van der Waals surface area (Å²) < 4.78 is 1.48. The van der Waals surface area contributed by atoms with Crippen molar-refractivity contribution >= 4 is 63.8 Å². The van der Waals surface area contributed by atoms with Crippen molar-refractivity contribution in [3.63, 3.8) is 0 Å². The number of carboxylic acid groups (broad SMARTS) is 2. The Bertz CT molecular complexity index is 1610. The highest BCUT2D eigenvalue weighted by Crippen LogP contribution is 2.40. The summed E-state index contributed by atoms with van der Waals surface area (Å²) in [6.07, 6.45) is 4.18. The number of amides is 2. The highest BCUT2D eigenvalue weighted by atomic mass is 32.2. The number of hydrogen-bond acceptors (Lipinski definition) is 12. The zero-order valence-electron chi connectivity index (χ0n) is 21.7. The van der Waals surface area contributed by atoms with E-state index in [-0.39, 0.29) is 22.3 Å². The van der Waals surface area contributed by atoms with E-state index in [4.69, 9.17) is 10.6 Å². The number of thioether (sulfide) groups is 1. The van der Waals surface area contributed by atoms with E-state index in [0.29, 0.717) is 11.3 Å². The molecule has 15 nitrogen and oxygen atoms in total. The number of rotatable bonds is 9. The van der Waals surface area contributed by atoms with Crippen molar-refractivity contribution in [3.8, 4) is 5.75 Å². The lowest BCUT2D eigenvalue weighted by Gasteiger charge is -2.49. The number of nitrogens with two attached hydrogens (primary N) is 1. The van der Waals surface area contributed by atoms with Crippen molar-refractivity contribution in [3.05, 3.63) is 56.6 Å². The van der Waals surface area contributed by atoms with Gasteiger partial charge in [-0.15, -0.1) is 23.1 Å². The zero-order chi connectivity index (χ0) is 30.2. The molecule has 2 aromatic heterocycles. The number of aromatic hydroxyl groups is 1. The number of aromatic nitrogens is 2. The van der Waals surface area contributed by atoms with Crippen LogP contribution < -0.4 is 16.5 Å². The minimum atomic E-state index is -1.78. The van der Waals surface area contributed by atoms with Crippen LogP contribution in [0.2, 0.25) is 0 Å². The van der Waals surface area contributed by atoms with Gasteiger partial charge < -0.3 is 35.8 Å². The third-order valence-corrected chi connectivity index (χ3v) is 8.03. The lowest BCUT2D eigenvalue weighted by molar-refractivity contribution is -0.161. The summed E-state index contributed by atoms with van der Waals surface area (Å²) in [5.74, 6) is -4.58. The number of allylic oxidation sites excluding steroid dienone is 1. The summed E-state index contributed by atoms with van der Waals surface area (Å²) in [5, 5.41) is 35.7. The Balaban J connectivity index is 1.57. The molecule has 4 heterocycles. The summed E-state index contributed by atoms with van der Waals surface area (Å²) in [7, 11) is 1.59. The number of carbonyl (C=O) groups is 4. The Labute approximate surface area is 239 Å². The lowest BCUT2D eigenvalue weighted by atomic mass is 10.0. The third-order valence-electron chi connectivity index (χ3n) is 6.06. The number of carbonyl (C=O) groups excluding carboxylic acids is 2. The number of anilines is 1. The van der Waals surface area contributed by atoms with Crippen LogP contribution >= 0.6 is 23.1 Å². The van der Waals surface area contributed by atoms with Crippen molar-refractivity contribution in [1.82, 2.24) is 19.8 Å². The smallest absolute Gasteiger partial charge is 0.352 e. The van der Waals surface area contributed by atoms with E-state index in [1.807, 2.05) is 0 Å². The van der Waals surface area contributed by atoms with Gasteiger partial charge in [0.1, 0.15) is 22.8 Å². The second-order valence-electron chi connectivity index (χ2n) is 9.35. The quantitative estimate of drug-likeness (QED) is 0.147. The number of aryl methyl sites for hydroxylation is 1. The summed E-state index contributed by atoms with van der Waals surface area (Å²) in [6, 6.07) is 0.0569. The lowest BCUT2D eigenvalue weighted by Crippen LogP contribution is -2.71. The van der Waals surface area contributed by atoms with E-state index in [0.717, 1.165) is 16.2 Å². The number of nitrogens with one attached hydrogen (secondary N) is 1. The summed E-state index contributed by atoms with van der Waals surface area (Å²) in [5.41, 5.74) is 3.25. The zero-order valence-corrected chi connectivity index (χ0v) is 23.4. The molecular formula is C24H24N6O9S2. The minimum Gasteiger partial charge on any atom is -0.503 e. The Kier molecular flexibility index (Phi) is 7.94. The van der Waals surface area contributed by atoms with Gasteiger partial charge in [0, 0.05) is 36.1 Å². The van der Waals surface area contributed by atoms with Gasteiger partial charge in [0.2, 0.25) is 11.0 Å². The molecular weight excluding hydrogens is 580 g/mol.